The smallest absolute Gasteiger partial charge is 0.319 e. The summed E-state index contributed by atoms with van der Waals surface area (Å²) < 4.78 is 15.9. The van der Waals surface area contributed by atoms with Crippen LogP contribution < -0.4 is 20.1 Å². The molecule has 1 aliphatic rings. The number of ether oxygens (including phenoxy) is 3. The number of halogens is 1. The van der Waals surface area contributed by atoms with Crippen molar-refractivity contribution in [2.75, 3.05) is 26.7 Å². The van der Waals surface area contributed by atoms with E-state index in [4.69, 9.17) is 25.8 Å². The molecule has 0 saturated carbocycles. The van der Waals surface area contributed by atoms with E-state index in [-0.39, 0.29) is 12.3 Å². The van der Waals surface area contributed by atoms with Gasteiger partial charge in [0.05, 0.1) is 26.9 Å². The van der Waals surface area contributed by atoms with Crippen LogP contribution in [-0.4, -0.2) is 38.7 Å². The zero-order chi connectivity index (χ0) is 18.4. The Balaban J connectivity index is 2.38. The van der Waals surface area contributed by atoms with Gasteiger partial charge in [0.15, 0.2) is 0 Å². The van der Waals surface area contributed by atoms with Crippen LogP contribution in [0.1, 0.15) is 18.0 Å². The Morgan fingerprint density at radius 2 is 2.08 bits per heavy atom. The van der Waals surface area contributed by atoms with Crippen molar-refractivity contribution in [2.45, 2.75) is 12.5 Å². The number of alkyl halides is 1. The summed E-state index contributed by atoms with van der Waals surface area (Å²) in [5.74, 6) is 0.162. The van der Waals surface area contributed by atoms with Gasteiger partial charge in [-0.3, -0.25) is 4.79 Å². The number of urea groups is 1. The molecule has 136 valence electrons. The summed E-state index contributed by atoms with van der Waals surface area (Å²) in [6.07, 6.45) is 0.541. The summed E-state index contributed by atoms with van der Waals surface area (Å²) in [5.41, 5.74) is 0.853. The van der Waals surface area contributed by atoms with Gasteiger partial charge >= 0.3 is 12.0 Å². The zero-order valence-corrected chi connectivity index (χ0v) is 14.9. The normalized spacial score (nSPS) is 19.6. The number of methoxy groups -OCH3 is 2. The highest BCUT2D eigenvalue weighted by molar-refractivity contribution is 6.17. The summed E-state index contributed by atoms with van der Waals surface area (Å²) in [5, 5.41) is 5.26. The first-order valence-electron chi connectivity index (χ1n) is 7.72. The number of esters is 1. The Morgan fingerprint density at radius 1 is 1.32 bits per heavy atom. The van der Waals surface area contributed by atoms with E-state index in [2.05, 4.69) is 17.2 Å². The predicted octanol–water partition coefficient (Wildman–Crippen LogP) is 2.36. The van der Waals surface area contributed by atoms with Gasteiger partial charge in [-0.05, 0) is 24.6 Å². The molecule has 8 heteroatoms. The van der Waals surface area contributed by atoms with E-state index in [1.807, 2.05) is 0 Å². The molecule has 0 aromatic heterocycles. The highest BCUT2D eigenvalue weighted by Gasteiger charge is 2.40. The Bertz CT molecular complexity index is 664. The minimum absolute atomic E-state index is 0.196. The van der Waals surface area contributed by atoms with Gasteiger partial charge in [-0.15, -0.1) is 11.6 Å². The standard InChI is InChI=1S/C17H21ClN2O5/c1-10-14(16(21)25-8-4-7-18)15(20-17(22)19-10)12-9-11(23-2)5-6-13(12)24-3/h5-6,9,14-15H,1,4,7-8H2,2-3H3,(H2,19,20,22)/t14-,15+/m1/s1. The van der Waals surface area contributed by atoms with Gasteiger partial charge in [0.25, 0.3) is 0 Å². The molecule has 0 bridgehead atoms. The Labute approximate surface area is 151 Å². The molecule has 0 radical (unpaired) electrons. The number of carbonyl (C=O) groups excluding carboxylic acids is 2. The van der Waals surface area contributed by atoms with Crippen molar-refractivity contribution in [1.82, 2.24) is 10.6 Å². The summed E-state index contributed by atoms with van der Waals surface area (Å²) in [4.78, 5) is 24.5. The molecule has 2 rings (SSSR count). The van der Waals surface area contributed by atoms with Crippen LogP contribution in [0.4, 0.5) is 4.79 Å². The second kappa shape index (κ2) is 8.62. The molecule has 1 saturated heterocycles. The Morgan fingerprint density at radius 3 is 2.72 bits per heavy atom. The number of benzene rings is 1. The van der Waals surface area contributed by atoms with Crippen LogP contribution in [0.25, 0.3) is 0 Å². The Kier molecular flexibility index (Phi) is 6.52. The van der Waals surface area contributed by atoms with Gasteiger partial charge in [0, 0.05) is 17.1 Å². The number of hydrogen-bond acceptors (Lipinski definition) is 5. The minimum atomic E-state index is -0.811. The maximum atomic E-state index is 12.5. The molecule has 1 aromatic rings. The quantitative estimate of drug-likeness (QED) is 0.438. The molecule has 2 atom stereocenters. The first-order chi connectivity index (χ1) is 12.0. The van der Waals surface area contributed by atoms with Crippen LogP contribution >= 0.6 is 11.6 Å². The average molecular weight is 369 g/mol. The first-order valence-corrected chi connectivity index (χ1v) is 8.26. The monoisotopic (exact) mass is 368 g/mol. The van der Waals surface area contributed by atoms with Crippen LogP contribution in [0.15, 0.2) is 30.5 Å². The molecule has 7 nitrogen and oxygen atoms in total. The fraction of sp³-hybridized carbons (Fsp3) is 0.412. The van der Waals surface area contributed by atoms with Crippen LogP contribution in [0.3, 0.4) is 0 Å². The van der Waals surface area contributed by atoms with Crippen molar-refractivity contribution >= 4 is 23.6 Å². The van der Waals surface area contributed by atoms with Crippen molar-refractivity contribution < 1.29 is 23.8 Å². The molecule has 1 heterocycles. The van der Waals surface area contributed by atoms with E-state index in [0.29, 0.717) is 29.4 Å². The number of amides is 2. The van der Waals surface area contributed by atoms with Gasteiger partial charge in [0.1, 0.15) is 17.4 Å². The van der Waals surface area contributed by atoms with Gasteiger partial charge in [-0.2, -0.15) is 0 Å². The second-order valence-electron chi connectivity index (χ2n) is 5.40. The molecule has 0 spiro atoms. The van der Waals surface area contributed by atoms with Gasteiger partial charge in [0.2, 0.25) is 0 Å². The molecule has 2 N–H and O–H groups in total. The molecular weight excluding hydrogens is 348 g/mol. The maximum Gasteiger partial charge on any atom is 0.319 e. The summed E-state index contributed by atoms with van der Waals surface area (Å²) in [7, 11) is 3.04. The Hall–Kier alpha value is -2.41. The maximum absolute atomic E-state index is 12.5. The third-order valence-corrected chi connectivity index (χ3v) is 4.08. The number of nitrogens with one attached hydrogen (secondary N) is 2. The third-order valence-electron chi connectivity index (χ3n) is 3.82. The van der Waals surface area contributed by atoms with Gasteiger partial charge in [-0.1, -0.05) is 6.58 Å². The van der Waals surface area contributed by atoms with Crippen molar-refractivity contribution in [2.24, 2.45) is 5.92 Å². The lowest BCUT2D eigenvalue weighted by Crippen LogP contribution is -2.51. The zero-order valence-electron chi connectivity index (χ0n) is 14.1. The van der Waals surface area contributed by atoms with E-state index < -0.39 is 24.0 Å². The lowest BCUT2D eigenvalue weighted by molar-refractivity contribution is -0.148. The largest absolute Gasteiger partial charge is 0.497 e. The van der Waals surface area contributed by atoms with E-state index in [1.165, 1.54) is 14.2 Å². The topological polar surface area (TPSA) is 85.9 Å². The minimum Gasteiger partial charge on any atom is -0.497 e. The van der Waals surface area contributed by atoms with Crippen molar-refractivity contribution in [3.63, 3.8) is 0 Å². The number of carbonyl (C=O) groups is 2. The van der Waals surface area contributed by atoms with Gasteiger partial charge < -0.3 is 24.8 Å². The first kappa shape index (κ1) is 18.9. The van der Waals surface area contributed by atoms with Crippen LogP contribution in [0.2, 0.25) is 0 Å². The molecular formula is C17H21ClN2O5. The average Bonchev–Trinajstić information content (AvgIpc) is 2.60. The number of rotatable bonds is 7. The fourth-order valence-corrected chi connectivity index (χ4v) is 2.73. The molecule has 25 heavy (non-hydrogen) atoms. The molecule has 1 aromatic carbocycles. The lowest BCUT2D eigenvalue weighted by atomic mass is 9.88. The lowest BCUT2D eigenvalue weighted by Gasteiger charge is -2.34. The molecule has 1 aliphatic heterocycles. The number of hydrogen-bond donors (Lipinski definition) is 2. The second-order valence-corrected chi connectivity index (χ2v) is 5.77. The van der Waals surface area contributed by atoms with Gasteiger partial charge in [-0.25, -0.2) is 4.79 Å². The van der Waals surface area contributed by atoms with E-state index in [0.717, 1.165) is 0 Å². The van der Waals surface area contributed by atoms with Crippen molar-refractivity contribution in [3.8, 4) is 11.5 Å². The van der Waals surface area contributed by atoms with Crippen LogP contribution in [0.5, 0.6) is 11.5 Å². The van der Waals surface area contributed by atoms with E-state index >= 15 is 0 Å². The fourth-order valence-electron chi connectivity index (χ4n) is 2.62. The summed E-state index contributed by atoms with van der Waals surface area (Å²) in [6.45, 7) is 3.99. The summed E-state index contributed by atoms with van der Waals surface area (Å²) in [6, 6.07) is 4.00. The van der Waals surface area contributed by atoms with Crippen molar-refractivity contribution in [1.29, 1.82) is 0 Å². The molecule has 0 aliphatic carbocycles. The van der Waals surface area contributed by atoms with Crippen LogP contribution in [0, 0.1) is 5.92 Å². The molecule has 2 amide bonds. The third kappa shape index (κ3) is 4.36. The molecule has 0 unspecified atom stereocenters. The van der Waals surface area contributed by atoms with Crippen molar-refractivity contribution in [3.05, 3.63) is 36.0 Å². The van der Waals surface area contributed by atoms with Crippen LogP contribution in [-0.2, 0) is 9.53 Å². The highest BCUT2D eigenvalue weighted by Crippen LogP contribution is 2.37. The van der Waals surface area contributed by atoms with E-state index in [1.54, 1.807) is 18.2 Å². The van der Waals surface area contributed by atoms with E-state index in [9.17, 15) is 9.59 Å². The highest BCUT2D eigenvalue weighted by atomic mass is 35.5. The molecule has 1 fully saturated rings. The predicted molar refractivity (Wildman–Crippen MR) is 92.9 cm³/mol. The SMILES string of the molecule is C=C1NC(=O)N[C@@H](c2cc(OC)ccc2OC)[C@@H]1C(=O)OCCCCl. The summed E-state index contributed by atoms with van der Waals surface area (Å²) >= 11 is 5.61.